The van der Waals surface area contributed by atoms with Crippen LogP contribution in [0.4, 0.5) is 5.82 Å². The number of anilines is 1. The lowest BCUT2D eigenvalue weighted by atomic mass is 9.90. The Labute approximate surface area is 175 Å². The normalized spacial score (nSPS) is 12.2. The Morgan fingerprint density at radius 1 is 1.00 bits per heavy atom. The van der Waals surface area contributed by atoms with Crippen molar-refractivity contribution in [1.29, 1.82) is 5.26 Å². The second-order valence-corrected chi connectivity index (χ2v) is 7.11. The monoisotopic (exact) mass is 401 g/mol. The third-order valence-corrected chi connectivity index (χ3v) is 5.54. The maximum absolute atomic E-state index is 9.92. The van der Waals surface area contributed by atoms with E-state index in [4.69, 9.17) is 19.9 Å². The SMILES string of the molecule is COc1cc(-c2c(C#N)c(N)nc3c2CCCc2ccccc2-3)cc(OC)c1OC. The third-order valence-electron chi connectivity index (χ3n) is 5.54. The van der Waals surface area contributed by atoms with Crippen LogP contribution in [0.15, 0.2) is 36.4 Å². The van der Waals surface area contributed by atoms with Gasteiger partial charge in [-0.3, -0.25) is 0 Å². The largest absolute Gasteiger partial charge is 0.493 e. The smallest absolute Gasteiger partial charge is 0.203 e. The zero-order valence-corrected chi connectivity index (χ0v) is 17.3. The van der Waals surface area contributed by atoms with Gasteiger partial charge in [0.2, 0.25) is 5.75 Å². The predicted octanol–water partition coefficient (Wildman–Crippen LogP) is 4.38. The molecule has 2 N–H and O–H groups in total. The molecule has 0 saturated heterocycles. The molecule has 1 heterocycles. The fourth-order valence-corrected chi connectivity index (χ4v) is 4.19. The van der Waals surface area contributed by atoms with E-state index in [0.717, 1.165) is 47.2 Å². The van der Waals surface area contributed by atoms with Crippen molar-refractivity contribution >= 4 is 5.82 Å². The molecule has 0 atom stereocenters. The van der Waals surface area contributed by atoms with Crippen LogP contribution in [0.5, 0.6) is 17.2 Å². The maximum atomic E-state index is 9.92. The number of methoxy groups -OCH3 is 3. The molecule has 1 aliphatic rings. The number of benzene rings is 2. The van der Waals surface area contributed by atoms with Gasteiger partial charge in [0.05, 0.1) is 27.0 Å². The van der Waals surface area contributed by atoms with Gasteiger partial charge in [-0.25, -0.2) is 4.98 Å². The first kappa shape index (κ1) is 19.6. The highest BCUT2D eigenvalue weighted by molar-refractivity contribution is 5.87. The van der Waals surface area contributed by atoms with Crippen LogP contribution >= 0.6 is 0 Å². The second kappa shape index (κ2) is 7.96. The number of nitrogens with two attached hydrogens (primary N) is 1. The minimum absolute atomic E-state index is 0.219. The molecule has 0 amide bonds. The number of nitrogen functional groups attached to an aromatic ring is 1. The van der Waals surface area contributed by atoms with Crippen LogP contribution in [0.3, 0.4) is 0 Å². The number of rotatable bonds is 4. The molecule has 2 aromatic carbocycles. The van der Waals surface area contributed by atoms with Gasteiger partial charge in [-0.2, -0.15) is 5.26 Å². The number of ether oxygens (including phenoxy) is 3. The van der Waals surface area contributed by atoms with Gasteiger partial charge < -0.3 is 19.9 Å². The Morgan fingerprint density at radius 3 is 2.33 bits per heavy atom. The topological polar surface area (TPSA) is 90.4 Å². The molecular formula is C24H23N3O3. The van der Waals surface area contributed by atoms with Gasteiger partial charge in [0, 0.05) is 11.1 Å². The number of aryl methyl sites for hydroxylation is 1. The minimum Gasteiger partial charge on any atom is -0.493 e. The van der Waals surface area contributed by atoms with Crippen molar-refractivity contribution in [2.24, 2.45) is 0 Å². The summed E-state index contributed by atoms with van der Waals surface area (Å²) in [5.41, 5.74) is 12.4. The highest BCUT2D eigenvalue weighted by atomic mass is 16.5. The summed E-state index contributed by atoms with van der Waals surface area (Å²) < 4.78 is 16.5. The van der Waals surface area contributed by atoms with Crippen molar-refractivity contribution in [3.8, 4) is 45.7 Å². The zero-order valence-electron chi connectivity index (χ0n) is 17.3. The van der Waals surface area contributed by atoms with Crippen LogP contribution in [-0.4, -0.2) is 26.3 Å². The molecular weight excluding hydrogens is 378 g/mol. The number of hydrogen-bond donors (Lipinski definition) is 1. The Kier molecular flexibility index (Phi) is 5.20. The van der Waals surface area contributed by atoms with Gasteiger partial charge in [-0.15, -0.1) is 0 Å². The van der Waals surface area contributed by atoms with Crippen LogP contribution in [0, 0.1) is 11.3 Å². The number of fused-ring (bicyclic) bond motifs is 3. The van der Waals surface area contributed by atoms with Gasteiger partial charge in [0.15, 0.2) is 11.5 Å². The van der Waals surface area contributed by atoms with Crippen LogP contribution < -0.4 is 19.9 Å². The second-order valence-electron chi connectivity index (χ2n) is 7.11. The van der Waals surface area contributed by atoms with E-state index >= 15 is 0 Å². The van der Waals surface area contributed by atoms with E-state index in [1.807, 2.05) is 24.3 Å². The number of aromatic nitrogens is 1. The average molecular weight is 401 g/mol. The molecule has 0 aliphatic heterocycles. The third kappa shape index (κ3) is 3.09. The first-order valence-corrected chi connectivity index (χ1v) is 9.74. The number of nitrogens with zero attached hydrogens (tertiary/aromatic N) is 2. The van der Waals surface area contributed by atoms with Crippen molar-refractivity contribution in [3.05, 3.63) is 53.1 Å². The lowest BCUT2D eigenvalue weighted by molar-refractivity contribution is 0.324. The Balaban J connectivity index is 2.08. The van der Waals surface area contributed by atoms with Crippen molar-refractivity contribution in [2.45, 2.75) is 19.3 Å². The summed E-state index contributed by atoms with van der Waals surface area (Å²) in [6.07, 6.45) is 2.69. The summed E-state index contributed by atoms with van der Waals surface area (Å²) in [6, 6.07) is 14.2. The fourth-order valence-electron chi connectivity index (χ4n) is 4.19. The first-order chi connectivity index (χ1) is 14.6. The highest BCUT2D eigenvalue weighted by Crippen LogP contribution is 2.45. The van der Waals surface area contributed by atoms with Crippen molar-refractivity contribution in [2.75, 3.05) is 27.1 Å². The molecule has 152 valence electrons. The van der Waals surface area contributed by atoms with E-state index in [1.165, 1.54) is 5.56 Å². The molecule has 0 bridgehead atoms. The minimum atomic E-state index is 0.219. The van der Waals surface area contributed by atoms with Crippen LogP contribution in [-0.2, 0) is 12.8 Å². The lowest BCUT2D eigenvalue weighted by Crippen LogP contribution is -2.06. The molecule has 0 unspecified atom stereocenters. The van der Waals surface area contributed by atoms with Gasteiger partial charge in [-0.1, -0.05) is 24.3 Å². The van der Waals surface area contributed by atoms with E-state index in [-0.39, 0.29) is 5.82 Å². The van der Waals surface area contributed by atoms with Gasteiger partial charge in [0.1, 0.15) is 17.5 Å². The summed E-state index contributed by atoms with van der Waals surface area (Å²) in [6.45, 7) is 0. The summed E-state index contributed by atoms with van der Waals surface area (Å²) in [7, 11) is 4.71. The molecule has 6 nitrogen and oxygen atoms in total. The molecule has 1 aromatic heterocycles. The van der Waals surface area contributed by atoms with Crippen molar-refractivity contribution < 1.29 is 14.2 Å². The number of nitriles is 1. The van der Waals surface area contributed by atoms with Gasteiger partial charge >= 0.3 is 0 Å². The number of hydrogen-bond acceptors (Lipinski definition) is 6. The zero-order chi connectivity index (χ0) is 21.3. The molecule has 0 saturated carbocycles. The average Bonchev–Trinajstić information content (AvgIpc) is 2.96. The summed E-state index contributed by atoms with van der Waals surface area (Å²) in [5.74, 6) is 1.76. The van der Waals surface area contributed by atoms with Crippen LogP contribution in [0.25, 0.3) is 22.4 Å². The van der Waals surface area contributed by atoms with E-state index in [2.05, 4.69) is 23.2 Å². The molecule has 30 heavy (non-hydrogen) atoms. The predicted molar refractivity (Wildman–Crippen MR) is 116 cm³/mol. The van der Waals surface area contributed by atoms with Crippen LogP contribution in [0.2, 0.25) is 0 Å². The Bertz CT molecular complexity index is 1140. The first-order valence-electron chi connectivity index (χ1n) is 9.74. The van der Waals surface area contributed by atoms with Gasteiger partial charge in [-0.05, 0) is 48.1 Å². The lowest BCUT2D eigenvalue weighted by Gasteiger charge is -2.19. The molecule has 6 heteroatoms. The van der Waals surface area contributed by atoms with Crippen molar-refractivity contribution in [1.82, 2.24) is 4.98 Å². The molecule has 3 aromatic rings. The standard InChI is InChI=1S/C24H23N3O3/c1-28-19-11-15(12-20(29-2)23(19)30-3)21-17-10-6-8-14-7-4-5-9-16(14)22(17)27-24(26)18(21)13-25/h4-5,7,9,11-12H,6,8,10H2,1-3H3,(H2,26,27). The fraction of sp³-hybridized carbons (Fsp3) is 0.250. The highest BCUT2D eigenvalue weighted by Gasteiger charge is 2.25. The van der Waals surface area contributed by atoms with Gasteiger partial charge in [0.25, 0.3) is 0 Å². The Morgan fingerprint density at radius 2 is 1.70 bits per heavy atom. The molecule has 1 aliphatic carbocycles. The molecule has 4 rings (SSSR count). The molecule has 0 spiro atoms. The summed E-state index contributed by atoms with van der Waals surface area (Å²) >= 11 is 0. The summed E-state index contributed by atoms with van der Waals surface area (Å²) in [4.78, 5) is 4.66. The van der Waals surface area contributed by atoms with E-state index in [0.29, 0.717) is 22.8 Å². The molecule has 0 radical (unpaired) electrons. The van der Waals surface area contributed by atoms with Crippen molar-refractivity contribution in [3.63, 3.8) is 0 Å². The number of pyridine rings is 1. The summed E-state index contributed by atoms with van der Waals surface area (Å²) in [5, 5.41) is 9.92. The maximum Gasteiger partial charge on any atom is 0.203 e. The van der Waals surface area contributed by atoms with E-state index in [9.17, 15) is 5.26 Å². The van der Waals surface area contributed by atoms with Crippen LogP contribution in [0.1, 0.15) is 23.1 Å². The van der Waals surface area contributed by atoms with E-state index in [1.54, 1.807) is 21.3 Å². The van der Waals surface area contributed by atoms with E-state index < -0.39 is 0 Å². The molecule has 0 fully saturated rings. The Hall–Kier alpha value is -3.72. The quantitative estimate of drug-likeness (QED) is 0.697.